The van der Waals surface area contributed by atoms with Crippen LogP contribution in [0.25, 0.3) is 0 Å². The molecule has 0 aromatic heterocycles. The molecular formula is C83H164N4O17P2. The summed E-state index contributed by atoms with van der Waals surface area (Å²) >= 11 is 0. The molecule has 0 aromatic carbocycles. The summed E-state index contributed by atoms with van der Waals surface area (Å²) in [6, 6.07) is -2.40. The summed E-state index contributed by atoms with van der Waals surface area (Å²) in [4.78, 5) is 87.2. The number of rotatable bonds is 84. The molecule has 106 heavy (non-hydrogen) atoms. The largest absolute Gasteiger partial charge is 0.472 e. The molecule has 0 heterocycles. The average Bonchev–Trinajstić information content (AvgIpc) is 0.948. The first kappa shape index (κ1) is 103. The van der Waals surface area contributed by atoms with E-state index < -0.39 is 72.4 Å². The van der Waals surface area contributed by atoms with Crippen molar-refractivity contribution in [2.45, 2.75) is 438 Å². The lowest BCUT2D eigenvalue weighted by molar-refractivity contribution is -0.154. The smallest absolute Gasteiger partial charge is 0.460 e. The average molecular weight is 1550 g/mol. The summed E-state index contributed by atoms with van der Waals surface area (Å²) < 4.78 is 71.9. The molecule has 0 fully saturated rings. The number of urea groups is 1. The van der Waals surface area contributed by atoms with Crippen LogP contribution < -0.4 is 21.3 Å². The summed E-state index contributed by atoms with van der Waals surface area (Å²) in [7, 11) is -9.45. The minimum absolute atomic E-state index is 0.0796. The number of amides is 4. The molecule has 0 saturated carbocycles. The van der Waals surface area contributed by atoms with Crippen LogP contribution in [0.15, 0.2) is 0 Å². The Morgan fingerprint density at radius 2 is 0.528 bits per heavy atom. The zero-order chi connectivity index (χ0) is 77.8. The highest BCUT2D eigenvalue weighted by Gasteiger charge is 2.28. The van der Waals surface area contributed by atoms with Gasteiger partial charge in [-0.15, -0.1) is 0 Å². The number of hydrogen-bond acceptors (Lipinski definition) is 15. The number of carbonyl (C=O) groups is 5. The van der Waals surface area contributed by atoms with Crippen molar-refractivity contribution in [3.63, 3.8) is 0 Å². The van der Waals surface area contributed by atoms with Crippen LogP contribution in [-0.4, -0.2) is 130 Å². The van der Waals surface area contributed by atoms with Crippen LogP contribution in [0.5, 0.6) is 0 Å². The fourth-order valence-corrected chi connectivity index (χ4v) is 14.4. The maximum Gasteiger partial charge on any atom is 0.472 e. The van der Waals surface area contributed by atoms with Crippen LogP contribution in [0.4, 0.5) is 4.79 Å². The molecule has 23 heteroatoms. The Bertz CT molecular complexity index is 1960. The minimum Gasteiger partial charge on any atom is -0.460 e. The van der Waals surface area contributed by atoms with E-state index in [1.165, 1.54) is 180 Å². The second-order valence-corrected chi connectivity index (χ2v) is 33.0. The molecule has 0 saturated heterocycles. The van der Waals surface area contributed by atoms with Crippen LogP contribution in [-0.2, 0) is 65.4 Å². The van der Waals surface area contributed by atoms with Gasteiger partial charge >= 0.3 is 33.6 Å². The predicted molar refractivity (Wildman–Crippen MR) is 432 cm³/mol. The number of ether oxygens (including phenoxy) is 4. The topological polar surface area (TPSA) is 282 Å². The van der Waals surface area contributed by atoms with Crippen molar-refractivity contribution in [2.24, 2.45) is 0 Å². The Balaban J connectivity index is 5.67. The van der Waals surface area contributed by atoms with Gasteiger partial charge in [0, 0.05) is 38.8 Å². The number of nitrogens with one attached hydrogen (secondary N) is 4. The van der Waals surface area contributed by atoms with Crippen molar-refractivity contribution in [1.82, 2.24) is 21.3 Å². The number of hydrogen-bond donors (Lipinski definition) is 6. The van der Waals surface area contributed by atoms with Gasteiger partial charge in [0.05, 0.1) is 64.9 Å². The number of carbonyl (C=O) groups excluding carboxylic acids is 5. The van der Waals surface area contributed by atoms with E-state index in [9.17, 15) is 42.9 Å². The quantitative estimate of drug-likeness (QED) is 0.0187. The standard InChI is InChI=1S/C83H164N4O17P2/c1-7-13-19-25-31-35-37-41-43-49-55-61-79(88)86-75(69-97-73-77(59-53-47-29-23-17-11-5)103-81(90)63-57-51-45-39-33-27-21-15-9-3)71-101-105(93,94)99-67-65-84-83(92)85-66-68-100-106(95,96)102-72-76(87-80(89)62-56-50-44-42-38-36-32-26-20-14-8-2)70-98-74-78(60-54-48-30-24-18-12-6)104-82(91)64-58-52-46-40-34-28-22-16-10-4/h75-78H,7-74H2,1-6H3,(H,86,88)(H,87,89)(H,93,94)(H,95,96)(H2,84,85,92)/t75-,76-,77?,78?/m1/s1. The van der Waals surface area contributed by atoms with Crippen molar-refractivity contribution in [3.05, 3.63) is 0 Å². The highest BCUT2D eigenvalue weighted by atomic mass is 31.2. The first-order chi connectivity index (χ1) is 51.5. The van der Waals surface area contributed by atoms with E-state index in [4.69, 9.17) is 37.0 Å². The fraction of sp³-hybridized carbons (Fsp3) is 0.940. The van der Waals surface area contributed by atoms with Crippen LogP contribution in [0.1, 0.15) is 414 Å². The summed E-state index contributed by atoms with van der Waals surface area (Å²) in [6.45, 7) is 11.1. The van der Waals surface area contributed by atoms with Crippen LogP contribution >= 0.6 is 15.6 Å². The van der Waals surface area contributed by atoms with Crippen LogP contribution in [0.2, 0.25) is 0 Å². The van der Waals surface area contributed by atoms with Gasteiger partial charge in [0.2, 0.25) is 11.8 Å². The molecule has 4 amide bonds. The number of phosphoric ester groups is 2. The van der Waals surface area contributed by atoms with Crippen molar-refractivity contribution in [2.75, 3.05) is 65.9 Å². The molecular weight excluding hydrogens is 1390 g/mol. The fourth-order valence-electron chi connectivity index (χ4n) is 12.9. The summed E-state index contributed by atoms with van der Waals surface area (Å²) in [5.41, 5.74) is 0. The van der Waals surface area contributed by atoms with E-state index >= 15 is 0 Å². The zero-order valence-electron chi connectivity index (χ0n) is 68.8. The third-order valence-corrected chi connectivity index (χ3v) is 21.4. The lowest BCUT2D eigenvalue weighted by Gasteiger charge is -2.23. The third kappa shape index (κ3) is 74.1. The van der Waals surface area contributed by atoms with E-state index in [1.807, 2.05) is 0 Å². The van der Waals surface area contributed by atoms with Gasteiger partial charge in [0.15, 0.2) is 0 Å². The Labute approximate surface area is 647 Å². The van der Waals surface area contributed by atoms with Gasteiger partial charge in [0.25, 0.3) is 0 Å². The van der Waals surface area contributed by atoms with Crippen molar-refractivity contribution >= 4 is 45.4 Å². The van der Waals surface area contributed by atoms with E-state index in [0.29, 0.717) is 38.5 Å². The van der Waals surface area contributed by atoms with Crippen molar-refractivity contribution in [3.8, 4) is 0 Å². The van der Waals surface area contributed by atoms with Gasteiger partial charge in [-0.25, -0.2) is 13.9 Å². The van der Waals surface area contributed by atoms with Gasteiger partial charge in [-0.1, -0.05) is 337 Å². The summed E-state index contributed by atoms with van der Waals surface area (Å²) in [5, 5.41) is 10.8. The molecule has 0 aliphatic rings. The van der Waals surface area contributed by atoms with E-state index in [1.54, 1.807) is 0 Å². The van der Waals surface area contributed by atoms with Gasteiger partial charge < -0.3 is 50.0 Å². The maximum atomic E-state index is 13.3. The molecule has 6 atom stereocenters. The molecule has 628 valence electrons. The molecule has 0 rings (SSSR count). The Morgan fingerprint density at radius 1 is 0.292 bits per heavy atom. The molecule has 6 N–H and O–H groups in total. The monoisotopic (exact) mass is 1550 g/mol. The normalized spacial score (nSPS) is 13.9. The summed E-state index contributed by atoms with van der Waals surface area (Å²) in [5.74, 6) is -0.992. The molecule has 0 bridgehead atoms. The number of unbranched alkanes of at least 4 members (excludes halogenated alkanes) is 46. The zero-order valence-corrected chi connectivity index (χ0v) is 70.6. The van der Waals surface area contributed by atoms with Crippen molar-refractivity contribution in [1.29, 1.82) is 0 Å². The Kier molecular flexibility index (Phi) is 75.6. The molecule has 0 radical (unpaired) electrons. The Morgan fingerprint density at radius 3 is 0.792 bits per heavy atom. The van der Waals surface area contributed by atoms with Gasteiger partial charge in [-0.05, 0) is 51.4 Å². The second-order valence-electron chi connectivity index (χ2n) is 30.0. The predicted octanol–water partition coefficient (Wildman–Crippen LogP) is 22.1. The van der Waals surface area contributed by atoms with E-state index in [-0.39, 0.29) is 76.1 Å². The molecule has 0 aliphatic heterocycles. The first-order valence-electron chi connectivity index (χ1n) is 43.9. The second kappa shape index (κ2) is 77.6. The highest BCUT2D eigenvalue weighted by molar-refractivity contribution is 7.47. The molecule has 4 unspecified atom stereocenters. The summed E-state index contributed by atoms with van der Waals surface area (Å²) in [6.07, 6.45) is 60.1. The first-order valence-corrected chi connectivity index (χ1v) is 46.9. The third-order valence-electron chi connectivity index (χ3n) is 19.5. The van der Waals surface area contributed by atoms with Crippen LogP contribution in [0, 0.1) is 0 Å². The molecule has 21 nitrogen and oxygen atoms in total. The molecule has 0 aliphatic carbocycles. The van der Waals surface area contributed by atoms with Crippen LogP contribution in [0.3, 0.4) is 0 Å². The van der Waals surface area contributed by atoms with Gasteiger partial charge in [0.1, 0.15) is 12.2 Å². The molecule has 0 aromatic rings. The highest BCUT2D eigenvalue weighted by Crippen LogP contribution is 2.44. The van der Waals surface area contributed by atoms with Gasteiger partial charge in [-0.3, -0.25) is 37.3 Å². The lowest BCUT2D eigenvalue weighted by Crippen LogP contribution is -2.42. The van der Waals surface area contributed by atoms with E-state index in [0.717, 1.165) is 141 Å². The Hall–Kier alpha value is -2.71. The molecule has 0 spiro atoms. The van der Waals surface area contributed by atoms with Crippen molar-refractivity contribution < 1.29 is 79.9 Å². The number of esters is 2. The minimum atomic E-state index is -4.73. The van der Waals surface area contributed by atoms with Gasteiger partial charge in [-0.2, -0.15) is 0 Å². The maximum absolute atomic E-state index is 13.3. The van der Waals surface area contributed by atoms with E-state index in [2.05, 4.69) is 62.8 Å². The number of phosphoric acid groups is 2. The lowest BCUT2D eigenvalue weighted by atomic mass is 10.1. The SMILES string of the molecule is CCCCCCCCCCCCCC(=O)N[C@H](COCC(CCCCCCCC)OC(=O)CCCCCCCCCCC)COP(=O)(O)OCCNC(=O)NCCOP(=O)(O)OC[C@@H](COCC(CCCCCCCC)OC(=O)CCCCCCCCCCC)NC(=O)CCCCCCCCCCCCC.